The molecule has 34 heavy (non-hydrogen) atoms. The van der Waals surface area contributed by atoms with Gasteiger partial charge in [-0.15, -0.1) is 0 Å². The smallest absolute Gasteiger partial charge is 0.222 e. The molecule has 3 nitrogen and oxygen atoms in total. The third-order valence-electron chi connectivity index (χ3n) is 7.15. The van der Waals surface area contributed by atoms with Crippen LogP contribution in [-0.4, -0.2) is 28.9 Å². The fourth-order valence-corrected chi connectivity index (χ4v) is 5.51. The Morgan fingerprint density at radius 1 is 0.882 bits per heavy atom. The molecule has 5 rings (SSSR count). The van der Waals surface area contributed by atoms with Crippen LogP contribution in [0.15, 0.2) is 72.4 Å². The largest absolute Gasteiger partial charge is 0.342 e. The molecule has 2 aromatic carbocycles. The van der Waals surface area contributed by atoms with Gasteiger partial charge in [-0.1, -0.05) is 59.6 Å². The summed E-state index contributed by atoms with van der Waals surface area (Å²) in [5, 5.41) is 0.787. The van der Waals surface area contributed by atoms with Crippen LogP contribution in [0.3, 0.4) is 0 Å². The van der Waals surface area contributed by atoms with E-state index >= 15 is 0 Å². The van der Waals surface area contributed by atoms with E-state index in [2.05, 4.69) is 47.4 Å². The summed E-state index contributed by atoms with van der Waals surface area (Å²) < 4.78 is 0. The lowest BCUT2D eigenvalue weighted by atomic mass is 9.88. The monoisotopic (exact) mass is 470 g/mol. The standard InChI is InChI=1S/C30H31ClN2O/c31-26-14-15-27-25(21-26)13-12-24-10-6-18-32-30(24)29(27)23-16-19-33(20-17-23)28(34)11-5-4-9-22-7-2-1-3-8-22/h1-3,6-8,10,14-15,18,21H,4-5,9,11-13,16-17,19-20H2. The van der Waals surface area contributed by atoms with Gasteiger partial charge in [0.2, 0.25) is 5.91 Å². The van der Waals surface area contributed by atoms with Crippen LogP contribution in [0.5, 0.6) is 0 Å². The van der Waals surface area contributed by atoms with Gasteiger partial charge < -0.3 is 4.90 Å². The van der Waals surface area contributed by atoms with Crippen molar-refractivity contribution in [2.24, 2.45) is 0 Å². The van der Waals surface area contributed by atoms with Gasteiger partial charge in [-0.2, -0.15) is 0 Å². The predicted octanol–water partition coefficient (Wildman–Crippen LogP) is 6.67. The second-order valence-electron chi connectivity index (χ2n) is 9.36. The average molecular weight is 471 g/mol. The van der Waals surface area contributed by atoms with Crippen molar-refractivity contribution in [3.63, 3.8) is 0 Å². The molecule has 4 heteroatoms. The SMILES string of the molecule is O=C(CCCCc1ccccc1)N1CCC(=C2c3ccc(Cl)cc3CCc3cccnc32)CC1. The molecule has 1 saturated heterocycles. The molecule has 3 aromatic rings. The van der Waals surface area contributed by atoms with Crippen molar-refractivity contribution in [2.45, 2.75) is 51.4 Å². The maximum absolute atomic E-state index is 12.9. The van der Waals surface area contributed by atoms with Crippen molar-refractivity contribution < 1.29 is 4.79 Å². The summed E-state index contributed by atoms with van der Waals surface area (Å²) in [6, 6.07) is 21.0. The quantitative estimate of drug-likeness (QED) is 0.390. The van der Waals surface area contributed by atoms with E-state index in [9.17, 15) is 4.79 Å². The highest BCUT2D eigenvalue weighted by Gasteiger charge is 2.26. The van der Waals surface area contributed by atoms with Gasteiger partial charge in [0.15, 0.2) is 0 Å². The van der Waals surface area contributed by atoms with E-state index < -0.39 is 0 Å². The molecule has 1 fully saturated rings. The number of fused-ring (bicyclic) bond motifs is 2. The van der Waals surface area contributed by atoms with Gasteiger partial charge >= 0.3 is 0 Å². The predicted molar refractivity (Wildman–Crippen MR) is 139 cm³/mol. The lowest BCUT2D eigenvalue weighted by Gasteiger charge is -2.30. The number of piperidine rings is 1. The fourth-order valence-electron chi connectivity index (χ4n) is 5.32. The average Bonchev–Trinajstić information content (AvgIpc) is 3.04. The Kier molecular flexibility index (Phi) is 7.10. The van der Waals surface area contributed by atoms with Crippen LogP contribution >= 0.6 is 11.6 Å². The number of halogens is 1. The molecule has 0 saturated carbocycles. The minimum atomic E-state index is 0.295. The molecule has 1 aliphatic heterocycles. The first-order valence-electron chi connectivity index (χ1n) is 12.5. The normalized spacial score (nSPS) is 15.5. The molecular formula is C30H31ClN2O. The molecular weight excluding hydrogens is 440 g/mol. The summed E-state index contributed by atoms with van der Waals surface area (Å²) in [4.78, 5) is 19.7. The Hall–Kier alpha value is -2.91. The van der Waals surface area contributed by atoms with Gasteiger partial charge in [0.05, 0.1) is 5.69 Å². The van der Waals surface area contributed by atoms with Gasteiger partial charge in [-0.3, -0.25) is 9.78 Å². The third-order valence-corrected chi connectivity index (χ3v) is 7.39. The molecule has 1 aliphatic carbocycles. The number of hydrogen-bond donors (Lipinski definition) is 0. The minimum absolute atomic E-state index is 0.295. The second kappa shape index (κ2) is 10.6. The molecule has 0 spiro atoms. The van der Waals surface area contributed by atoms with Crippen molar-refractivity contribution in [3.05, 3.63) is 105 Å². The van der Waals surface area contributed by atoms with Crippen molar-refractivity contribution in [1.29, 1.82) is 0 Å². The van der Waals surface area contributed by atoms with E-state index in [1.807, 2.05) is 24.4 Å². The van der Waals surface area contributed by atoms with Crippen LogP contribution in [0.1, 0.15) is 60.1 Å². The number of carbonyl (C=O) groups is 1. The summed E-state index contributed by atoms with van der Waals surface area (Å²) in [5.74, 6) is 0.295. The van der Waals surface area contributed by atoms with Gasteiger partial charge in [-0.05, 0) is 85.4 Å². The molecule has 2 aliphatic rings. The highest BCUT2D eigenvalue weighted by atomic mass is 35.5. The summed E-state index contributed by atoms with van der Waals surface area (Å²) in [7, 11) is 0. The van der Waals surface area contributed by atoms with Gasteiger partial charge in [-0.25, -0.2) is 0 Å². The van der Waals surface area contributed by atoms with Crippen molar-refractivity contribution in [2.75, 3.05) is 13.1 Å². The van der Waals surface area contributed by atoms with Gasteiger partial charge in [0, 0.05) is 36.3 Å². The number of pyridine rings is 1. The maximum Gasteiger partial charge on any atom is 0.222 e. The fraction of sp³-hybridized carbons (Fsp3) is 0.333. The topological polar surface area (TPSA) is 33.2 Å². The maximum atomic E-state index is 12.9. The molecule has 0 bridgehead atoms. The lowest BCUT2D eigenvalue weighted by Crippen LogP contribution is -2.36. The Bertz CT molecular complexity index is 1190. The van der Waals surface area contributed by atoms with Crippen molar-refractivity contribution in [1.82, 2.24) is 9.88 Å². The molecule has 2 heterocycles. The number of aryl methyl sites for hydroxylation is 3. The van der Waals surface area contributed by atoms with E-state index in [1.54, 1.807) is 0 Å². The van der Waals surface area contributed by atoms with Crippen molar-refractivity contribution in [3.8, 4) is 0 Å². The number of hydrogen-bond acceptors (Lipinski definition) is 2. The Morgan fingerprint density at radius 3 is 2.50 bits per heavy atom. The zero-order valence-electron chi connectivity index (χ0n) is 19.6. The highest BCUT2D eigenvalue weighted by molar-refractivity contribution is 6.30. The zero-order valence-corrected chi connectivity index (χ0v) is 20.4. The van der Waals surface area contributed by atoms with E-state index in [0.717, 1.165) is 68.8 Å². The number of carbonyl (C=O) groups excluding carboxylic acids is 1. The second-order valence-corrected chi connectivity index (χ2v) is 9.80. The minimum Gasteiger partial charge on any atom is -0.342 e. The summed E-state index contributed by atoms with van der Waals surface area (Å²) >= 11 is 6.34. The van der Waals surface area contributed by atoms with Crippen LogP contribution in [0, 0.1) is 0 Å². The Labute approximate surface area is 207 Å². The number of aromatic nitrogens is 1. The summed E-state index contributed by atoms with van der Waals surface area (Å²) in [5.41, 5.74) is 9.01. The summed E-state index contributed by atoms with van der Waals surface area (Å²) in [6.07, 6.45) is 9.34. The van der Waals surface area contributed by atoms with Crippen LogP contribution < -0.4 is 0 Å². The zero-order chi connectivity index (χ0) is 23.3. The molecule has 0 N–H and O–H groups in total. The number of likely N-dealkylation sites (tertiary alicyclic amines) is 1. The molecule has 0 unspecified atom stereocenters. The van der Waals surface area contributed by atoms with Crippen molar-refractivity contribution >= 4 is 23.1 Å². The molecule has 1 amide bonds. The van der Waals surface area contributed by atoms with Crippen LogP contribution in [0.4, 0.5) is 0 Å². The third kappa shape index (κ3) is 5.10. The molecule has 0 atom stereocenters. The Morgan fingerprint density at radius 2 is 1.68 bits per heavy atom. The van der Waals surface area contributed by atoms with Crippen LogP contribution in [0.2, 0.25) is 5.02 Å². The number of unbranched alkanes of at least 4 members (excludes halogenated alkanes) is 1. The first-order valence-corrected chi connectivity index (χ1v) is 12.8. The van der Waals surface area contributed by atoms with E-state index in [-0.39, 0.29) is 0 Å². The highest BCUT2D eigenvalue weighted by Crippen LogP contribution is 2.38. The number of nitrogens with zero attached hydrogens (tertiary/aromatic N) is 2. The first kappa shape index (κ1) is 22.9. The summed E-state index contributed by atoms with van der Waals surface area (Å²) in [6.45, 7) is 1.59. The van der Waals surface area contributed by atoms with E-state index in [0.29, 0.717) is 12.3 Å². The van der Waals surface area contributed by atoms with Gasteiger partial charge in [0.25, 0.3) is 0 Å². The lowest BCUT2D eigenvalue weighted by molar-refractivity contribution is -0.131. The number of rotatable bonds is 5. The van der Waals surface area contributed by atoms with E-state index in [4.69, 9.17) is 16.6 Å². The number of benzene rings is 2. The first-order chi connectivity index (χ1) is 16.7. The van der Waals surface area contributed by atoms with Crippen LogP contribution in [0.25, 0.3) is 5.57 Å². The van der Waals surface area contributed by atoms with Crippen LogP contribution in [-0.2, 0) is 24.1 Å². The van der Waals surface area contributed by atoms with Gasteiger partial charge in [0.1, 0.15) is 0 Å². The molecule has 1 aromatic heterocycles. The van der Waals surface area contributed by atoms with E-state index in [1.165, 1.54) is 33.4 Å². The Balaban J connectivity index is 1.27. The molecule has 0 radical (unpaired) electrons. The molecule has 174 valence electrons. The number of amides is 1.